The number of H-pyrrole nitrogens is 1. The van der Waals surface area contributed by atoms with Crippen molar-refractivity contribution < 1.29 is 5.11 Å². The van der Waals surface area contributed by atoms with Crippen LogP contribution in [0.25, 0.3) is 11.0 Å². The Morgan fingerprint density at radius 3 is 2.95 bits per heavy atom. The van der Waals surface area contributed by atoms with Gasteiger partial charge in [0.05, 0.1) is 0 Å². The predicted octanol–water partition coefficient (Wildman–Crippen LogP) is 2.60. The lowest BCUT2D eigenvalue weighted by molar-refractivity contribution is 0.0811. The molecule has 0 spiro atoms. The molecule has 4 heteroatoms. The average Bonchev–Trinajstić information content (AvgIpc) is 2.92. The first kappa shape index (κ1) is 13.6. The fourth-order valence-electron chi connectivity index (χ4n) is 3.31. The van der Waals surface area contributed by atoms with Gasteiger partial charge in [-0.1, -0.05) is 19.3 Å². The molecule has 1 saturated carbocycles. The molecule has 1 aliphatic carbocycles. The Morgan fingerprint density at radius 1 is 1.30 bits per heavy atom. The summed E-state index contributed by atoms with van der Waals surface area (Å²) in [4.78, 5) is 7.51. The van der Waals surface area contributed by atoms with Crippen LogP contribution in [0.2, 0.25) is 0 Å². The van der Waals surface area contributed by atoms with E-state index < -0.39 is 0 Å². The summed E-state index contributed by atoms with van der Waals surface area (Å²) in [5, 5.41) is 14.4. The first-order chi connectivity index (χ1) is 9.83. The van der Waals surface area contributed by atoms with Crippen LogP contribution < -0.4 is 5.32 Å². The Kier molecular flexibility index (Phi) is 4.03. The highest BCUT2D eigenvalue weighted by atomic mass is 16.3. The molecule has 1 fully saturated rings. The van der Waals surface area contributed by atoms with Crippen molar-refractivity contribution in [2.75, 3.05) is 13.2 Å². The SMILES string of the molecule is OCC1(CNCc2c[nH]c3ncccc23)CCCCC1. The first-order valence-electron chi connectivity index (χ1n) is 7.56. The number of fused-ring (bicyclic) bond motifs is 1. The van der Waals surface area contributed by atoms with Gasteiger partial charge < -0.3 is 15.4 Å². The minimum atomic E-state index is 0.0998. The van der Waals surface area contributed by atoms with E-state index in [0.29, 0.717) is 6.61 Å². The van der Waals surface area contributed by atoms with Crippen molar-refractivity contribution >= 4 is 11.0 Å². The zero-order chi connectivity index (χ0) is 13.8. The Morgan fingerprint density at radius 2 is 2.15 bits per heavy atom. The normalized spacial score (nSPS) is 18.4. The van der Waals surface area contributed by atoms with Crippen molar-refractivity contribution in [2.24, 2.45) is 5.41 Å². The molecule has 2 aromatic rings. The molecule has 1 aliphatic rings. The lowest BCUT2D eigenvalue weighted by Gasteiger charge is -2.35. The second kappa shape index (κ2) is 5.94. The van der Waals surface area contributed by atoms with E-state index in [0.717, 1.165) is 31.6 Å². The fraction of sp³-hybridized carbons (Fsp3) is 0.562. The second-order valence-corrected chi connectivity index (χ2v) is 6.04. The average molecular weight is 273 g/mol. The summed E-state index contributed by atoms with van der Waals surface area (Å²) in [6.45, 7) is 2.03. The number of rotatable bonds is 5. The molecule has 0 saturated heterocycles. The Labute approximate surface area is 119 Å². The highest BCUT2D eigenvalue weighted by Crippen LogP contribution is 2.35. The molecule has 0 radical (unpaired) electrons. The maximum Gasteiger partial charge on any atom is 0.137 e. The summed E-state index contributed by atoms with van der Waals surface area (Å²) < 4.78 is 0. The van der Waals surface area contributed by atoms with Gasteiger partial charge in [-0.2, -0.15) is 0 Å². The second-order valence-electron chi connectivity index (χ2n) is 6.04. The van der Waals surface area contributed by atoms with Crippen LogP contribution in [-0.2, 0) is 6.54 Å². The van der Waals surface area contributed by atoms with Gasteiger partial charge in [0.1, 0.15) is 5.65 Å². The van der Waals surface area contributed by atoms with Crippen LogP contribution in [0.5, 0.6) is 0 Å². The molecule has 0 atom stereocenters. The standard InChI is InChI=1S/C16H23N3O/c20-12-16(6-2-1-3-7-16)11-17-9-13-10-19-15-14(13)5-4-8-18-15/h4-5,8,10,17,20H,1-3,6-7,9,11-12H2,(H,18,19). The Bertz CT molecular complexity index is 558. The van der Waals surface area contributed by atoms with Gasteiger partial charge in [-0.05, 0) is 30.5 Å². The molecule has 3 N–H and O–H groups in total. The molecular weight excluding hydrogens is 250 g/mol. The van der Waals surface area contributed by atoms with Crippen LogP contribution in [0.15, 0.2) is 24.5 Å². The molecule has 0 unspecified atom stereocenters. The highest BCUT2D eigenvalue weighted by molar-refractivity contribution is 5.79. The van der Waals surface area contributed by atoms with E-state index >= 15 is 0 Å². The number of hydrogen-bond acceptors (Lipinski definition) is 3. The fourth-order valence-corrected chi connectivity index (χ4v) is 3.31. The van der Waals surface area contributed by atoms with E-state index in [4.69, 9.17) is 0 Å². The van der Waals surface area contributed by atoms with E-state index in [9.17, 15) is 5.11 Å². The number of aromatic nitrogens is 2. The number of nitrogens with zero attached hydrogens (tertiary/aromatic N) is 1. The van der Waals surface area contributed by atoms with E-state index in [1.807, 2.05) is 12.3 Å². The molecule has 4 nitrogen and oxygen atoms in total. The summed E-state index contributed by atoms with van der Waals surface area (Å²) in [5.41, 5.74) is 2.29. The van der Waals surface area contributed by atoms with Crippen molar-refractivity contribution in [3.05, 3.63) is 30.1 Å². The van der Waals surface area contributed by atoms with Crippen LogP contribution in [0.3, 0.4) is 0 Å². The quantitative estimate of drug-likeness (QED) is 0.784. The summed E-state index contributed by atoms with van der Waals surface area (Å²) in [6.07, 6.45) is 9.93. The van der Waals surface area contributed by atoms with Gasteiger partial charge in [0, 0.05) is 42.9 Å². The zero-order valence-electron chi connectivity index (χ0n) is 11.9. The topological polar surface area (TPSA) is 60.9 Å². The van der Waals surface area contributed by atoms with Crippen LogP contribution in [0, 0.1) is 5.41 Å². The van der Waals surface area contributed by atoms with Gasteiger partial charge in [0.15, 0.2) is 0 Å². The molecule has 2 heterocycles. The zero-order valence-corrected chi connectivity index (χ0v) is 11.9. The third-order valence-corrected chi connectivity index (χ3v) is 4.60. The van der Waals surface area contributed by atoms with Crippen LogP contribution in [0.4, 0.5) is 0 Å². The van der Waals surface area contributed by atoms with Gasteiger partial charge in [-0.25, -0.2) is 4.98 Å². The number of aromatic amines is 1. The maximum absolute atomic E-state index is 9.71. The van der Waals surface area contributed by atoms with Gasteiger partial charge in [0.2, 0.25) is 0 Å². The summed E-state index contributed by atoms with van der Waals surface area (Å²) in [5.74, 6) is 0. The Balaban J connectivity index is 1.62. The molecule has 0 aliphatic heterocycles. The number of nitrogens with one attached hydrogen (secondary N) is 2. The third kappa shape index (κ3) is 2.72. The highest BCUT2D eigenvalue weighted by Gasteiger charge is 2.30. The van der Waals surface area contributed by atoms with Crippen LogP contribution >= 0.6 is 0 Å². The summed E-state index contributed by atoms with van der Waals surface area (Å²) in [6, 6.07) is 4.06. The van der Waals surface area contributed by atoms with E-state index in [2.05, 4.69) is 21.4 Å². The lowest BCUT2D eigenvalue weighted by atomic mass is 9.74. The molecule has 20 heavy (non-hydrogen) atoms. The number of pyridine rings is 1. The van der Waals surface area contributed by atoms with Crippen LogP contribution in [0.1, 0.15) is 37.7 Å². The van der Waals surface area contributed by atoms with E-state index in [-0.39, 0.29) is 5.41 Å². The Hall–Kier alpha value is -1.39. The molecule has 2 aromatic heterocycles. The molecule has 0 aromatic carbocycles. The summed E-state index contributed by atoms with van der Waals surface area (Å²) >= 11 is 0. The van der Waals surface area contributed by atoms with E-state index in [1.54, 1.807) is 6.20 Å². The number of hydrogen-bond donors (Lipinski definition) is 3. The van der Waals surface area contributed by atoms with Gasteiger partial charge >= 0.3 is 0 Å². The molecule has 0 bridgehead atoms. The van der Waals surface area contributed by atoms with Gasteiger partial charge in [-0.15, -0.1) is 0 Å². The monoisotopic (exact) mass is 273 g/mol. The van der Waals surface area contributed by atoms with Crippen molar-refractivity contribution in [1.29, 1.82) is 0 Å². The van der Waals surface area contributed by atoms with Crippen molar-refractivity contribution in [3.63, 3.8) is 0 Å². The smallest absolute Gasteiger partial charge is 0.137 e. The van der Waals surface area contributed by atoms with Crippen molar-refractivity contribution in [3.8, 4) is 0 Å². The van der Waals surface area contributed by atoms with Crippen LogP contribution in [-0.4, -0.2) is 28.2 Å². The molecule has 3 rings (SSSR count). The molecule has 108 valence electrons. The van der Waals surface area contributed by atoms with Crippen molar-refractivity contribution in [1.82, 2.24) is 15.3 Å². The van der Waals surface area contributed by atoms with Gasteiger partial charge in [-0.3, -0.25) is 0 Å². The largest absolute Gasteiger partial charge is 0.396 e. The minimum absolute atomic E-state index is 0.0998. The maximum atomic E-state index is 9.71. The predicted molar refractivity (Wildman–Crippen MR) is 80.4 cm³/mol. The molecule has 0 amide bonds. The first-order valence-corrected chi connectivity index (χ1v) is 7.56. The minimum Gasteiger partial charge on any atom is -0.396 e. The van der Waals surface area contributed by atoms with Gasteiger partial charge in [0.25, 0.3) is 0 Å². The third-order valence-electron chi connectivity index (χ3n) is 4.60. The number of aliphatic hydroxyl groups excluding tert-OH is 1. The van der Waals surface area contributed by atoms with E-state index in [1.165, 1.54) is 30.2 Å². The molecular formula is C16H23N3O. The lowest BCUT2D eigenvalue weighted by Crippen LogP contribution is -2.38. The number of aliphatic hydroxyl groups is 1. The van der Waals surface area contributed by atoms with Crippen molar-refractivity contribution in [2.45, 2.75) is 38.6 Å². The summed E-state index contributed by atoms with van der Waals surface area (Å²) in [7, 11) is 0.